The number of ether oxygens (including phenoxy) is 1. The van der Waals surface area contributed by atoms with Gasteiger partial charge in [0.1, 0.15) is 13.2 Å². The molecule has 3 aromatic rings. The topological polar surface area (TPSA) is 116 Å². The molecular weight excluding hydrogens is 596 g/mol. The Hall–Kier alpha value is -5.25. The second kappa shape index (κ2) is 12.9. The monoisotopic (exact) mass is 632 g/mol. The van der Waals surface area contributed by atoms with Crippen LogP contribution in [0.25, 0.3) is 0 Å². The zero-order valence-corrected chi connectivity index (χ0v) is 26.0. The van der Waals surface area contributed by atoms with Gasteiger partial charge in [0.15, 0.2) is 0 Å². The van der Waals surface area contributed by atoms with Gasteiger partial charge >= 0.3 is 6.09 Å². The molecular formula is C37H36N4O6. The van der Waals surface area contributed by atoms with Gasteiger partial charge in [-0.05, 0) is 73.9 Å². The number of hydrogen-bond donors (Lipinski definition) is 1. The predicted octanol–water partition coefficient (Wildman–Crippen LogP) is 5.72. The number of imide groups is 1. The summed E-state index contributed by atoms with van der Waals surface area (Å²) in [6.45, 7) is 0.0742. The first kappa shape index (κ1) is 30.4. The largest absolute Gasteiger partial charge is 0.444 e. The van der Waals surface area contributed by atoms with Gasteiger partial charge in [-0.3, -0.25) is 29.4 Å². The van der Waals surface area contributed by atoms with E-state index in [4.69, 9.17) is 4.74 Å². The van der Waals surface area contributed by atoms with Crippen molar-refractivity contribution in [2.75, 3.05) is 21.7 Å². The first-order valence-corrected chi connectivity index (χ1v) is 16.3. The Morgan fingerprint density at radius 3 is 2.09 bits per heavy atom. The summed E-state index contributed by atoms with van der Waals surface area (Å²) in [5, 5.41) is 2.74. The van der Waals surface area contributed by atoms with Crippen molar-refractivity contribution in [3.63, 3.8) is 0 Å². The summed E-state index contributed by atoms with van der Waals surface area (Å²) in [6.07, 6.45) is 4.39. The summed E-state index contributed by atoms with van der Waals surface area (Å²) in [4.78, 5) is 71.5. The number of fused-ring (bicyclic) bond motifs is 2. The lowest BCUT2D eigenvalue weighted by molar-refractivity contribution is -0.141. The van der Waals surface area contributed by atoms with Gasteiger partial charge in [0.2, 0.25) is 11.8 Å². The highest BCUT2D eigenvalue weighted by molar-refractivity contribution is 6.21. The minimum absolute atomic E-state index is 0.0626. The number of nitrogens with one attached hydrogen (secondary N) is 1. The van der Waals surface area contributed by atoms with E-state index in [9.17, 15) is 24.0 Å². The van der Waals surface area contributed by atoms with Crippen LogP contribution in [0.1, 0.15) is 56.1 Å². The van der Waals surface area contributed by atoms with Crippen molar-refractivity contribution in [1.82, 2.24) is 4.90 Å². The summed E-state index contributed by atoms with van der Waals surface area (Å²) >= 11 is 0. The fourth-order valence-corrected chi connectivity index (χ4v) is 7.32. The maximum Gasteiger partial charge on any atom is 0.411 e. The van der Waals surface area contributed by atoms with Crippen molar-refractivity contribution in [3.05, 3.63) is 101 Å². The van der Waals surface area contributed by atoms with Crippen LogP contribution in [0.5, 0.6) is 0 Å². The first-order valence-electron chi connectivity index (χ1n) is 16.3. The Bertz CT molecular complexity index is 1740. The molecule has 1 saturated carbocycles. The van der Waals surface area contributed by atoms with Crippen LogP contribution in [0.3, 0.4) is 0 Å². The Kier molecular flexibility index (Phi) is 8.32. The summed E-state index contributed by atoms with van der Waals surface area (Å²) in [5.41, 5.74) is 4.59. The molecule has 240 valence electrons. The predicted molar refractivity (Wildman–Crippen MR) is 175 cm³/mol. The second-order valence-electron chi connectivity index (χ2n) is 12.5. The Balaban J connectivity index is 1.09. The number of nitrogens with zero attached hydrogens (tertiary/aromatic N) is 3. The summed E-state index contributed by atoms with van der Waals surface area (Å²) in [7, 11) is 0. The van der Waals surface area contributed by atoms with E-state index in [0.717, 1.165) is 35.3 Å². The lowest BCUT2D eigenvalue weighted by Crippen LogP contribution is -2.49. The SMILES string of the molecule is O=C(Nc1ccc(CN2C(=O)C3CCCC3N(C(=O)CN3C(=O)C4=C(CCCC4)C3=O)c3ccccc32)cc1)OCc1ccccc1. The molecule has 3 aromatic carbocycles. The fraction of sp³-hybridized carbons (Fsp3) is 0.324. The van der Waals surface area contributed by atoms with E-state index in [1.165, 1.54) is 0 Å². The van der Waals surface area contributed by atoms with Crippen LogP contribution in [-0.2, 0) is 37.1 Å². The number of para-hydroxylation sites is 2. The molecule has 10 nitrogen and oxygen atoms in total. The first-order chi connectivity index (χ1) is 22.9. The van der Waals surface area contributed by atoms with E-state index < -0.39 is 12.0 Å². The fourth-order valence-electron chi connectivity index (χ4n) is 7.32. The normalized spacial score (nSPS) is 20.5. The van der Waals surface area contributed by atoms with Crippen LogP contribution in [0.2, 0.25) is 0 Å². The molecule has 2 atom stereocenters. The Labute approximate surface area is 273 Å². The highest BCUT2D eigenvalue weighted by atomic mass is 16.5. The number of rotatable bonds is 7. The van der Waals surface area contributed by atoms with E-state index in [1.54, 1.807) is 21.9 Å². The number of carbonyl (C=O) groups excluding carboxylic acids is 5. The number of carbonyl (C=O) groups is 5. The number of anilines is 3. The van der Waals surface area contributed by atoms with Gasteiger partial charge in [-0.1, -0.05) is 61.0 Å². The highest BCUT2D eigenvalue weighted by Crippen LogP contribution is 2.44. The number of amides is 5. The average molecular weight is 633 g/mol. The lowest BCUT2D eigenvalue weighted by Gasteiger charge is -2.31. The maximum atomic E-state index is 14.2. The van der Waals surface area contributed by atoms with Crippen LogP contribution in [0.15, 0.2) is 90.0 Å². The van der Waals surface area contributed by atoms with E-state index in [-0.39, 0.29) is 49.4 Å². The average Bonchev–Trinajstić information content (AvgIpc) is 3.64. The molecule has 2 aliphatic carbocycles. The van der Waals surface area contributed by atoms with Crippen molar-refractivity contribution in [2.45, 2.75) is 64.1 Å². The molecule has 2 aliphatic heterocycles. The van der Waals surface area contributed by atoms with E-state index in [2.05, 4.69) is 5.32 Å². The van der Waals surface area contributed by atoms with E-state index in [0.29, 0.717) is 53.9 Å². The molecule has 7 rings (SSSR count). The Morgan fingerprint density at radius 1 is 0.723 bits per heavy atom. The Morgan fingerprint density at radius 2 is 1.38 bits per heavy atom. The molecule has 47 heavy (non-hydrogen) atoms. The van der Waals surface area contributed by atoms with Crippen LogP contribution in [-0.4, -0.2) is 47.2 Å². The van der Waals surface area contributed by atoms with Gasteiger partial charge in [0, 0.05) is 22.9 Å². The van der Waals surface area contributed by atoms with Crippen molar-refractivity contribution >= 4 is 46.8 Å². The minimum Gasteiger partial charge on any atom is -0.444 e. The van der Waals surface area contributed by atoms with Crippen molar-refractivity contribution < 1.29 is 28.7 Å². The molecule has 0 saturated heterocycles. The van der Waals surface area contributed by atoms with Crippen LogP contribution in [0.4, 0.5) is 21.9 Å². The summed E-state index contributed by atoms with van der Waals surface area (Å²) in [6, 6.07) is 23.6. The zero-order valence-electron chi connectivity index (χ0n) is 26.0. The van der Waals surface area contributed by atoms with Crippen molar-refractivity contribution in [1.29, 1.82) is 0 Å². The molecule has 2 heterocycles. The number of benzene rings is 3. The van der Waals surface area contributed by atoms with Gasteiger partial charge in [0.25, 0.3) is 11.8 Å². The molecule has 0 bridgehead atoms. The third-order valence-electron chi connectivity index (χ3n) is 9.62. The molecule has 1 N–H and O–H groups in total. The third-order valence-corrected chi connectivity index (χ3v) is 9.62. The van der Waals surface area contributed by atoms with E-state index >= 15 is 0 Å². The molecule has 1 fully saturated rings. The van der Waals surface area contributed by atoms with Crippen LogP contribution in [0, 0.1) is 5.92 Å². The van der Waals surface area contributed by atoms with Gasteiger partial charge in [-0.2, -0.15) is 0 Å². The molecule has 0 radical (unpaired) electrons. The van der Waals surface area contributed by atoms with Gasteiger partial charge < -0.3 is 14.5 Å². The van der Waals surface area contributed by atoms with Crippen molar-refractivity contribution in [2.24, 2.45) is 5.92 Å². The maximum absolute atomic E-state index is 14.2. The molecule has 0 aromatic heterocycles. The zero-order chi connectivity index (χ0) is 32.5. The molecule has 2 unspecified atom stereocenters. The summed E-state index contributed by atoms with van der Waals surface area (Å²) in [5.74, 6) is -1.55. The summed E-state index contributed by atoms with van der Waals surface area (Å²) < 4.78 is 5.32. The standard InChI is InChI=1S/C37H36N4O6/c42-33(22-40-34(43)27-11-4-5-12-28(27)35(40)44)41-30-16-8-13-29(30)36(45)39(31-14-6-7-15-32(31)41)21-24-17-19-26(20-18-24)38-37(46)47-23-25-9-2-1-3-10-25/h1-3,6-7,9-10,14-15,17-20,29-30H,4-5,8,11-13,16,21-23H2,(H,38,46). The third kappa shape index (κ3) is 5.91. The highest BCUT2D eigenvalue weighted by Gasteiger charge is 2.47. The number of hydrogen-bond acceptors (Lipinski definition) is 6. The molecule has 10 heteroatoms. The minimum atomic E-state index is -0.566. The second-order valence-corrected chi connectivity index (χ2v) is 12.5. The van der Waals surface area contributed by atoms with Crippen LogP contribution < -0.4 is 15.1 Å². The molecule has 0 spiro atoms. The quantitative estimate of drug-likeness (QED) is 0.333. The van der Waals surface area contributed by atoms with Gasteiger partial charge in [-0.25, -0.2) is 4.79 Å². The van der Waals surface area contributed by atoms with Gasteiger partial charge in [-0.15, -0.1) is 0 Å². The molecule has 4 aliphatic rings. The van der Waals surface area contributed by atoms with E-state index in [1.807, 2.05) is 66.7 Å². The smallest absolute Gasteiger partial charge is 0.411 e. The van der Waals surface area contributed by atoms with Gasteiger partial charge in [0.05, 0.1) is 23.8 Å². The lowest BCUT2D eigenvalue weighted by atomic mass is 9.93. The molecule has 5 amide bonds. The van der Waals surface area contributed by atoms with Crippen LogP contribution >= 0.6 is 0 Å². The van der Waals surface area contributed by atoms with Crippen molar-refractivity contribution in [3.8, 4) is 0 Å².